The van der Waals surface area contributed by atoms with Crippen molar-refractivity contribution in [3.05, 3.63) is 23.8 Å². The zero-order valence-corrected chi connectivity index (χ0v) is 10.4. The number of methoxy groups -OCH3 is 1. The molecule has 4 nitrogen and oxygen atoms in total. The van der Waals surface area contributed by atoms with Crippen molar-refractivity contribution in [1.82, 2.24) is 0 Å². The third-order valence-electron chi connectivity index (χ3n) is 3.39. The van der Waals surface area contributed by atoms with Crippen LogP contribution in [0.1, 0.15) is 32.3 Å². The summed E-state index contributed by atoms with van der Waals surface area (Å²) in [4.78, 5) is 11.6. The molecule has 0 saturated carbocycles. The number of benzene rings is 1. The molecule has 1 amide bonds. The molecule has 17 heavy (non-hydrogen) atoms. The second-order valence-corrected chi connectivity index (χ2v) is 4.10. The largest absolute Gasteiger partial charge is 0.495 e. The molecule has 1 aromatic carbocycles. The molecule has 4 heteroatoms. The van der Waals surface area contributed by atoms with Gasteiger partial charge >= 0.3 is 6.09 Å². The number of fused-ring (bicyclic) bond motifs is 1. The Labute approximate surface area is 101 Å². The highest BCUT2D eigenvalue weighted by molar-refractivity contribution is 5.91. The van der Waals surface area contributed by atoms with Crippen molar-refractivity contribution in [1.29, 1.82) is 0 Å². The maximum absolute atomic E-state index is 11.6. The summed E-state index contributed by atoms with van der Waals surface area (Å²) in [6, 6.07) is 5.73. The van der Waals surface area contributed by atoms with E-state index in [1.165, 1.54) is 0 Å². The highest BCUT2D eigenvalue weighted by Gasteiger charge is 2.40. The van der Waals surface area contributed by atoms with E-state index in [4.69, 9.17) is 9.47 Å². The van der Waals surface area contributed by atoms with Gasteiger partial charge in [0.25, 0.3) is 0 Å². The van der Waals surface area contributed by atoms with Crippen LogP contribution >= 0.6 is 0 Å². The van der Waals surface area contributed by atoms with Crippen molar-refractivity contribution in [3.8, 4) is 5.75 Å². The molecule has 0 radical (unpaired) electrons. The smallest absolute Gasteiger partial charge is 0.412 e. The third-order valence-corrected chi connectivity index (χ3v) is 3.39. The first-order valence-electron chi connectivity index (χ1n) is 5.84. The lowest BCUT2D eigenvalue weighted by Crippen LogP contribution is -2.38. The molecule has 92 valence electrons. The van der Waals surface area contributed by atoms with Gasteiger partial charge in [-0.15, -0.1) is 0 Å². The van der Waals surface area contributed by atoms with Crippen molar-refractivity contribution in [3.63, 3.8) is 0 Å². The van der Waals surface area contributed by atoms with E-state index >= 15 is 0 Å². The van der Waals surface area contributed by atoms with Crippen LogP contribution in [0.25, 0.3) is 0 Å². The summed E-state index contributed by atoms with van der Waals surface area (Å²) < 4.78 is 10.8. The van der Waals surface area contributed by atoms with E-state index < -0.39 is 11.7 Å². The van der Waals surface area contributed by atoms with E-state index in [1.807, 2.05) is 32.0 Å². The van der Waals surface area contributed by atoms with Crippen LogP contribution in [0.2, 0.25) is 0 Å². The van der Waals surface area contributed by atoms with E-state index in [2.05, 4.69) is 5.32 Å². The first-order chi connectivity index (χ1) is 8.16. The Balaban J connectivity index is 2.61. The van der Waals surface area contributed by atoms with Crippen LogP contribution in [0.5, 0.6) is 5.75 Å². The number of rotatable bonds is 3. The zero-order chi connectivity index (χ0) is 12.5. The van der Waals surface area contributed by atoms with Gasteiger partial charge in [0, 0.05) is 5.56 Å². The van der Waals surface area contributed by atoms with Gasteiger partial charge in [0.15, 0.2) is 0 Å². The Kier molecular flexibility index (Phi) is 2.96. The number of nitrogens with one attached hydrogen (secondary N) is 1. The van der Waals surface area contributed by atoms with Crippen LogP contribution < -0.4 is 10.1 Å². The highest BCUT2D eigenvalue weighted by Crippen LogP contribution is 2.44. The first kappa shape index (κ1) is 11.8. The molecule has 0 aromatic heterocycles. The van der Waals surface area contributed by atoms with E-state index in [1.54, 1.807) is 7.11 Å². The Morgan fingerprint density at radius 2 is 2.06 bits per heavy atom. The topological polar surface area (TPSA) is 47.6 Å². The summed E-state index contributed by atoms with van der Waals surface area (Å²) in [6.07, 6.45) is 1.08. The Morgan fingerprint density at radius 3 is 2.65 bits per heavy atom. The predicted molar refractivity (Wildman–Crippen MR) is 65.4 cm³/mol. The lowest BCUT2D eigenvalue weighted by molar-refractivity contribution is 0.00448. The van der Waals surface area contributed by atoms with Crippen LogP contribution in [-0.2, 0) is 10.3 Å². The van der Waals surface area contributed by atoms with Crippen molar-refractivity contribution in [2.75, 3.05) is 12.4 Å². The molecular formula is C13H17NO3. The molecule has 0 atom stereocenters. The number of cyclic esters (lactones) is 1. The van der Waals surface area contributed by atoms with Crippen LogP contribution in [0.4, 0.5) is 10.5 Å². The van der Waals surface area contributed by atoms with E-state index in [0.29, 0.717) is 5.75 Å². The number of para-hydroxylation sites is 1. The molecule has 1 aliphatic heterocycles. The maximum Gasteiger partial charge on any atom is 0.412 e. The standard InChI is InChI=1S/C13H17NO3/c1-4-13(5-2)9-7-6-8-10(16-3)11(9)14-12(15)17-13/h6-8H,4-5H2,1-3H3,(H,14,15). The number of anilines is 1. The molecule has 1 heterocycles. The number of ether oxygens (including phenoxy) is 2. The van der Waals surface area contributed by atoms with Gasteiger partial charge in [-0.3, -0.25) is 5.32 Å². The Morgan fingerprint density at radius 1 is 1.35 bits per heavy atom. The van der Waals surface area contributed by atoms with E-state index in [9.17, 15) is 4.79 Å². The van der Waals surface area contributed by atoms with Crippen molar-refractivity contribution in [2.45, 2.75) is 32.3 Å². The lowest BCUT2D eigenvalue weighted by atomic mass is 9.86. The maximum atomic E-state index is 11.6. The molecule has 1 aliphatic rings. The van der Waals surface area contributed by atoms with Gasteiger partial charge in [0.1, 0.15) is 11.4 Å². The molecule has 0 fully saturated rings. The zero-order valence-electron chi connectivity index (χ0n) is 10.4. The average molecular weight is 235 g/mol. The molecule has 0 saturated heterocycles. The fourth-order valence-electron chi connectivity index (χ4n) is 2.35. The first-order valence-corrected chi connectivity index (χ1v) is 5.84. The summed E-state index contributed by atoms with van der Waals surface area (Å²) in [5.41, 5.74) is 1.18. The van der Waals surface area contributed by atoms with E-state index in [-0.39, 0.29) is 0 Å². The second kappa shape index (κ2) is 4.28. The molecule has 0 spiro atoms. The van der Waals surface area contributed by atoms with Crippen LogP contribution in [0, 0.1) is 0 Å². The minimum Gasteiger partial charge on any atom is -0.495 e. The Hall–Kier alpha value is -1.71. The Bertz CT molecular complexity index is 438. The number of hydrogen-bond acceptors (Lipinski definition) is 3. The molecule has 1 aromatic rings. The van der Waals surface area contributed by atoms with Gasteiger partial charge in [-0.2, -0.15) is 0 Å². The molecule has 0 aliphatic carbocycles. The number of hydrogen-bond donors (Lipinski definition) is 1. The minimum absolute atomic E-state index is 0.411. The van der Waals surface area contributed by atoms with Gasteiger partial charge in [0.2, 0.25) is 0 Å². The fraction of sp³-hybridized carbons (Fsp3) is 0.462. The molecule has 0 unspecified atom stereocenters. The minimum atomic E-state index is -0.536. The summed E-state index contributed by atoms with van der Waals surface area (Å²) >= 11 is 0. The van der Waals surface area contributed by atoms with Gasteiger partial charge < -0.3 is 9.47 Å². The molecular weight excluding hydrogens is 218 g/mol. The third kappa shape index (κ3) is 1.73. The van der Waals surface area contributed by atoms with Crippen LogP contribution in [0.3, 0.4) is 0 Å². The quantitative estimate of drug-likeness (QED) is 0.874. The summed E-state index contributed by atoms with van der Waals surface area (Å²) in [7, 11) is 1.59. The number of amides is 1. The fourth-order valence-corrected chi connectivity index (χ4v) is 2.35. The van der Waals surface area contributed by atoms with Crippen molar-refractivity contribution in [2.24, 2.45) is 0 Å². The van der Waals surface area contributed by atoms with Gasteiger partial charge in [-0.05, 0) is 18.9 Å². The average Bonchev–Trinajstić information content (AvgIpc) is 2.37. The van der Waals surface area contributed by atoms with Gasteiger partial charge in [0.05, 0.1) is 12.8 Å². The monoisotopic (exact) mass is 235 g/mol. The lowest BCUT2D eigenvalue weighted by Gasteiger charge is -2.37. The SMILES string of the molecule is CCC1(CC)OC(=O)Nc2c(OC)cccc21. The predicted octanol–water partition coefficient (Wildman–Crippen LogP) is 3.27. The van der Waals surface area contributed by atoms with Gasteiger partial charge in [-0.25, -0.2) is 4.79 Å². The molecule has 2 rings (SSSR count). The summed E-state index contributed by atoms with van der Waals surface area (Å²) in [5.74, 6) is 0.672. The van der Waals surface area contributed by atoms with Crippen molar-refractivity contribution < 1.29 is 14.3 Å². The van der Waals surface area contributed by atoms with Crippen LogP contribution in [0.15, 0.2) is 18.2 Å². The number of carbonyl (C=O) groups excluding carboxylic acids is 1. The van der Waals surface area contributed by atoms with Crippen molar-refractivity contribution >= 4 is 11.8 Å². The van der Waals surface area contributed by atoms with E-state index in [0.717, 1.165) is 24.1 Å². The molecule has 1 N–H and O–H groups in total. The highest BCUT2D eigenvalue weighted by atomic mass is 16.6. The summed E-state index contributed by atoms with van der Waals surface area (Å²) in [5, 5.41) is 2.72. The van der Waals surface area contributed by atoms with Crippen LogP contribution in [-0.4, -0.2) is 13.2 Å². The second-order valence-electron chi connectivity index (χ2n) is 4.10. The summed E-state index contributed by atoms with van der Waals surface area (Å²) in [6.45, 7) is 4.04. The normalized spacial score (nSPS) is 16.8. The van der Waals surface area contributed by atoms with Gasteiger partial charge in [-0.1, -0.05) is 26.0 Å². The number of carbonyl (C=O) groups is 1. The molecule has 0 bridgehead atoms.